The number of amides is 1. The Morgan fingerprint density at radius 3 is 2.97 bits per heavy atom. The van der Waals surface area contributed by atoms with Gasteiger partial charge in [-0.2, -0.15) is 5.21 Å². The fraction of sp³-hybridized carbons (Fsp3) is 0.700. The van der Waals surface area contributed by atoms with E-state index in [1.54, 1.807) is 6.92 Å². The maximum Gasteiger partial charge on any atom is 0.219 e. The average molecular weight is 396 g/mol. The van der Waals surface area contributed by atoms with E-state index in [1.165, 1.54) is 24.1 Å². The van der Waals surface area contributed by atoms with Crippen LogP contribution >= 0.6 is 0 Å². The van der Waals surface area contributed by atoms with Crippen molar-refractivity contribution in [2.24, 2.45) is 0 Å². The number of hydrogen-bond acceptors (Lipinski definition) is 7. The molecule has 29 heavy (non-hydrogen) atoms. The highest BCUT2D eigenvalue weighted by molar-refractivity contribution is 5.73. The number of carbonyl (C=O) groups excluding carboxylic acids is 1. The lowest BCUT2D eigenvalue weighted by molar-refractivity contribution is -0.131. The second kappa shape index (κ2) is 7.35. The highest BCUT2D eigenvalue weighted by Crippen LogP contribution is 2.48. The molecule has 2 aromatic rings. The van der Waals surface area contributed by atoms with Gasteiger partial charge in [0.2, 0.25) is 5.91 Å². The summed E-state index contributed by atoms with van der Waals surface area (Å²) in [4.78, 5) is 24.1. The number of nitrogens with one attached hydrogen (secondary N) is 2. The number of likely N-dealkylation sites (tertiary alicyclic amines) is 1. The quantitative estimate of drug-likeness (QED) is 0.715. The lowest BCUT2D eigenvalue weighted by atomic mass is 9.77. The van der Waals surface area contributed by atoms with Gasteiger partial charge in [-0.25, -0.2) is 9.97 Å². The van der Waals surface area contributed by atoms with Crippen molar-refractivity contribution in [1.82, 2.24) is 35.5 Å². The number of rotatable bonds is 6. The summed E-state index contributed by atoms with van der Waals surface area (Å²) in [6.07, 6.45) is 8.28. The Bertz CT molecular complexity index is 894. The molecule has 2 fully saturated rings. The molecule has 5 rings (SSSR count). The van der Waals surface area contributed by atoms with E-state index in [0.717, 1.165) is 75.6 Å². The summed E-state index contributed by atoms with van der Waals surface area (Å²) >= 11 is 0. The van der Waals surface area contributed by atoms with Crippen LogP contribution in [0.4, 0.5) is 5.82 Å². The van der Waals surface area contributed by atoms with Gasteiger partial charge in [0.1, 0.15) is 11.6 Å². The van der Waals surface area contributed by atoms with E-state index in [4.69, 9.17) is 9.97 Å². The van der Waals surface area contributed by atoms with Crippen LogP contribution in [-0.2, 0) is 23.1 Å². The molecule has 0 radical (unpaired) electrons. The molecule has 2 aliphatic carbocycles. The van der Waals surface area contributed by atoms with E-state index in [9.17, 15) is 4.79 Å². The maximum atomic E-state index is 12.0. The molecule has 2 aromatic heterocycles. The van der Waals surface area contributed by atoms with E-state index in [1.807, 2.05) is 4.90 Å². The van der Waals surface area contributed by atoms with Crippen LogP contribution in [0.1, 0.15) is 74.3 Å². The molecular weight excluding hydrogens is 368 g/mol. The van der Waals surface area contributed by atoms with Gasteiger partial charge in [0.15, 0.2) is 5.82 Å². The van der Waals surface area contributed by atoms with E-state index in [0.29, 0.717) is 5.92 Å². The van der Waals surface area contributed by atoms with Gasteiger partial charge in [-0.3, -0.25) is 4.79 Å². The summed E-state index contributed by atoms with van der Waals surface area (Å²) in [5.74, 6) is 3.41. The molecular formula is C20H28N8O. The third-order valence-corrected chi connectivity index (χ3v) is 6.60. The molecule has 1 amide bonds. The van der Waals surface area contributed by atoms with Gasteiger partial charge < -0.3 is 10.2 Å². The molecule has 1 atom stereocenters. The smallest absolute Gasteiger partial charge is 0.219 e. The first-order valence-electron chi connectivity index (χ1n) is 10.8. The first-order valence-corrected chi connectivity index (χ1v) is 10.8. The minimum absolute atomic E-state index is 0.00684. The van der Waals surface area contributed by atoms with E-state index in [2.05, 4.69) is 25.9 Å². The molecule has 1 saturated heterocycles. The third kappa shape index (κ3) is 3.58. The van der Waals surface area contributed by atoms with Crippen LogP contribution in [0.2, 0.25) is 0 Å². The SMILES string of the molecule is CC(=O)N1CCCC2(CCc3c(NCCCc4nn[nH]n4)nc(C4CC4)nc32)C1. The number of nitrogens with zero attached hydrogens (tertiary/aromatic N) is 6. The first kappa shape index (κ1) is 18.4. The maximum absolute atomic E-state index is 12.0. The predicted molar refractivity (Wildman–Crippen MR) is 106 cm³/mol. The molecule has 1 aliphatic heterocycles. The van der Waals surface area contributed by atoms with Gasteiger partial charge in [-0.05, 0) is 44.9 Å². The number of aromatic nitrogens is 6. The number of piperidine rings is 1. The molecule has 154 valence electrons. The number of aromatic amines is 1. The number of fused-ring (bicyclic) bond motifs is 2. The number of aryl methyl sites for hydroxylation is 1. The number of H-pyrrole nitrogens is 1. The predicted octanol–water partition coefficient (Wildman–Crippen LogP) is 1.74. The Balaban J connectivity index is 1.38. The zero-order chi connectivity index (χ0) is 19.8. The van der Waals surface area contributed by atoms with Crippen molar-refractivity contribution in [2.45, 2.75) is 69.6 Å². The highest BCUT2D eigenvalue weighted by Gasteiger charge is 2.46. The van der Waals surface area contributed by atoms with Crippen LogP contribution < -0.4 is 5.32 Å². The second-order valence-corrected chi connectivity index (χ2v) is 8.71. The zero-order valence-corrected chi connectivity index (χ0v) is 16.9. The van der Waals surface area contributed by atoms with Gasteiger partial charge >= 0.3 is 0 Å². The summed E-state index contributed by atoms with van der Waals surface area (Å²) in [5.41, 5.74) is 2.48. The molecule has 0 aromatic carbocycles. The summed E-state index contributed by atoms with van der Waals surface area (Å²) in [7, 11) is 0. The number of tetrazole rings is 1. The molecule has 2 N–H and O–H groups in total. The van der Waals surface area contributed by atoms with Crippen LogP contribution in [0.25, 0.3) is 0 Å². The molecule has 0 bridgehead atoms. The normalized spacial score (nSPS) is 23.4. The number of carbonyl (C=O) groups is 1. The fourth-order valence-corrected chi connectivity index (χ4v) is 4.87. The Morgan fingerprint density at radius 1 is 1.31 bits per heavy atom. The van der Waals surface area contributed by atoms with Gasteiger partial charge in [0.25, 0.3) is 0 Å². The van der Waals surface area contributed by atoms with E-state index < -0.39 is 0 Å². The molecule has 1 unspecified atom stereocenters. The minimum atomic E-state index is 0.00684. The van der Waals surface area contributed by atoms with Crippen molar-refractivity contribution in [2.75, 3.05) is 25.0 Å². The third-order valence-electron chi connectivity index (χ3n) is 6.60. The van der Waals surface area contributed by atoms with Gasteiger partial charge in [0.05, 0.1) is 5.69 Å². The lowest BCUT2D eigenvalue weighted by Gasteiger charge is -2.40. The standard InChI is InChI=1S/C20H28N8O/c1-13(29)28-11-3-8-20(12-28)9-7-15-17(20)22-18(14-5-6-14)23-19(15)21-10-2-4-16-24-26-27-25-16/h14H,2-12H2,1H3,(H,21,22,23)(H,24,25,26,27). The summed E-state index contributed by atoms with van der Waals surface area (Å²) in [6, 6.07) is 0. The Hall–Kier alpha value is -2.58. The van der Waals surface area contributed by atoms with Crippen LogP contribution in [0.3, 0.4) is 0 Å². The Labute approximate surface area is 170 Å². The summed E-state index contributed by atoms with van der Waals surface area (Å²) in [6.45, 7) is 4.16. The van der Waals surface area contributed by atoms with Crippen molar-refractivity contribution in [3.63, 3.8) is 0 Å². The van der Waals surface area contributed by atoms with Crippen molar-refractivity contribution in [3.8, 4) is 0 Å². The largest absolute Gasteiger partial charge is 0.370 e. The summed E-state index contributed by atoms with van der Waals surface area (Å²) < 4.78 is 0. The second-order valence-electron chi connectivity index (χ2n) is 8.71. The van der Waals surface area contributed by atoms with Crippen molar-refractivity contribution >= 4 is 11.7 Å². The molecule has 1 spiro atoms. The first-order chi connectivity index (χ1) is 14.1. The monoisotopic (exact) mass is 396 g/mol. The molecule has 9 heteroatoms. The number of anilines is 1. The van der Waals surface area contributed by atoms with Crippen LogP contribution in [-0.4, -0.2) is 61.0 Å². The van der Waals surface area contributed by atoms with Crippen molar-refractivity contribution < 1.29 is 4.79 Å². The van der Waals surface area contributed by atoms with Crippen molar-refractivity contribution in [1.29, 1.82) is 0 Å². The highest BCUT2D eigenvalue weighted by atomic mass is 16.2. The zero-order valence-electron chi connectivity index (χ0n) is 16.9. The van der Waals surface area contributed by atoms with Crippen molar-refractivity contribution in [3.05, 3.63) is 22.9 Å². The minimum Gasteiger partial charge on any atom is -0.370 e. The average Bonchev–Trinajstić information content (AvgIpc) is 3.35. The fourth-order valence-electron chi connectivity index (χ4n) is 4.87. The van der Waals surface area contributed by atoms with Gasteiger partial charge in [0, 0.05) is 49.9 Å². The Morgan fingerprint density at radius 2 is 2.21 bits per heavy atom. The Kier molecular flexibility index (Phi) is 4.67. The lowest BCUT2D eigenvalue weighted by Crippen LogP contribution is -2.47. The molecule has 1 saturated carbocycles. The van der Waals surface area contributed by atoms with E-state index in [-0.39, 0.29) is 11.3 Å². The number of hydrogen-bond donors (Lipinski definition) is 2. The van der Waals surface area contributed by atoms with Crippen LogP contribution in [0, 0.1) is 0 Å². The summed E-state index contributed by atoms with van der Waals surface area (Å²) in [5, 5.41) is 17.7. The van der Waals surface area contributed by atoms with E-state index >= 15 is 0 Å². The van der Waals surface area contributed by atoms with Gasteiger partial charge in [-0.15, -0.1) is 10.2 Å². The molecule has 3 heterocycles. The molecule has 9 nitrogen and oxygen atoms in total. The van der Waals surface area contributed by atoms with Gasteiger partial charge in [-0.1, -0.05) is 5.21 Å². The van der Waals surface area contributed by atoms with Crippen LogP contribution in [0.15, 0.2) is 0 Å². The van der Waals surface area contributed by atoms with Crippen LogP contribution in [0.5, 0.6) is 0 Å². The topological polar surface area (TPSA) is 113 Å². The molecule has 3 aliphatic rings.